The monoisotopic (exact) mass is 386 g/mol. The molecule has 0 bridgehead atoms. The second-order valence-corrected chi connectivity index (χ2v) is 8.01. The first-order chi connectivity index (χ1) is 13.4. The molecule has 0 saturated heterocycles. The Bertz CT molecular complexity index is 799. The van der Waals surface area contributed by atoms with Gasteiger partial charge in [-0.1, -0.05) is 96.7 Å². The van der Waals surface area contributed by atoms with E-state index in [-0.39, 0.29) is 0 Å². The van der Waals surface area contributed by atoms with E-state index in [9.17, 15) is 0 Å². The lowest BCUT2D eigenvalue weighted by Gasteiger charge is -2.00. The zero-order valence-electron chi connectivity index (χ0n) is 15.1. The van der Waals surface area contributed by atoms with Crippen LogP contribution in [0.4, 0.5) is 0 Å². The molecule has 0 nitrogen and oxygen atoms in total. The van der Waals surface area contributed by atoms with Gasteiger partial charge in [0.25, 0.3) is 0 Å². The van der Waals surface area contributed by atoms with Crippen LogP contribution in [0.2, 0.25) is 0 Å². The van der Waals surface area contributed by atoms with Crippen LogP contribution < -0.4 is 0 Å². The topological polar surface area (TPSA) is 0 Å². The molecule has 0 fully saturated rings. The molecule has 0 N–H and O–H groups in total. The first-order valence-electron chi connectivity index (χ1n) is 8.90. The molecule has 0 aliphatic heterocycles. The quantitative estimate of drug-likeness (QED) is 0.321. The highest BCUT2D eigenvalue weighted by Crippen LogP contribution is 2.26. The number of hydrogen-bond acceptors (Lipinski definition) is 2. The molecule has 0 spiro atoms. The van der Waals surface area contributed by atoms with Gasteiger partial charge in [0.15, 0.2) is 0 Å². The Hall–Kier alpha value is -2.42. The van der Waals surface area contributed by atoms with Crippen LogP contribution in [0.15, 0.2) is 136 Å². The summed E-state index contributed by atoms with van der Waals surface area (Å²) in [5.74, 6) is 1.05. The summed E-state index contributed by atoms with van der Waals surface area (Å²) in [7, 11) is 0. The van der Waals surface area contributed by atoms with Crippen molar-refractivity contribution >= 4 is 23.5 Å². The minimum Gasteiger partial charge on any atom is -0.121 e. The Morgan fingerprint density at radius 1 is 0.407 bits per heavy atom. The summed E-state index contributed by atoms with van der Waals surface area (Å²) >= 11 is 3.66. The number of thioether (sulfide) groups is 1. The van der Waals surface area contributed by atoms with Crippen molar-refractivity contribution in [3.05, 3.63) is 127 Å². The fourth-order valence-electron chi connectivity index (χ4n) is 2.37. The van der Waals surface area contributed by atoms with Crippen molar-refractivity contribution in [1.29, 1.82) is 0 Å². The second-order valence-electron chi connectivity index (χ2n) is 5.82. The summed E-state index contributed by atoms with van der Waals surface area (Å²) < 4.78 is 0. The van der Waals surface area contributed by atoms with Gasteiger partial charge in [0.05, 0.1) is 0 Å². The van der Waals surface area contributed by atoms with Crippen molar-refractivity contribution in [2.75, 3.05) is 0 Å². The highest BCUT2D eigenvalue weighted by Gasteiger charge is 1.94. The van der Waals surface area contributed by atoms with Gasteiger partial charge in [0.2, 0.25) is 0 Å². The highest BCUT2D eigenvalue weighted by molar-refractivity contribution is 7.99. The molecule has 0 aliphatic carbocycles. The summed E-state index contributed by atoms with van der Waals surface area (Å²) in [4.78, 5) is 3.90. The molecule has 0 atom stereocenters. The predicted octanol–water partition coefficient (Wildman–Crippen LogP) is 7.82. The van der Waals surface area contributed by atoms with E-state index in [4.69, 9.17) is 0 Å². The summed E-state index contributed by atoms with van der Waals surface area (Å²) in [5.41, 5.74) is 1.38. The molecule has 4 aromatic carbocycles. The zero-order valence-corrected chi connectivity index (χ0v) is 16.7. The minimum atomic E-state index is 1.05. The summed E-state index contributed by atoms with van der Waals surface area (Å²) in [6.45, 7) is 0. The molecule has 4 rings (SSSR count). The molecule has 0 radical (unpaired) electrons. The predicted molar refractivity (Wildman–Crippen MR) is 119 cm³/mol. The van der Waals surface area contributed by atoms with Crippen molar-refractivity contribution in [1.82, 2.24) is 0 Å². The Morgan fingerprint density at radius 2 is 0.778 bits per heavy atom. The van der Waals surface area contributed by atoms with Crippen LogP contribution in [0.25, 0.3) is 0 Å². The Labute approximate surface area is 170 Å². The van der Waals surface area contributed by atoms with Crippen LogP contribution in [-0.4, -0.2) is 0 Å². The van der Waals surface area contributed by atoms with E-state index in [1.165, 1.54) is 20.2 Å². The van der Waals surface area contributed by atoms with Crippen molar-refractivity contribution in [2.45, 2.75) is 20.4 Å². The Balaban J connectivity index is 0.000000156. The lowest BCUT2D eigenvalue weighted by atomic mass is 10.2. The molecule has 0 saturated carbocycles. The third-order valence-electron chi connectivity index (χ3n) is 3.71. The summed E-state index contributed by atoms with van der Waals surface area (Å²) in [5, 5.41) is 0. The average molecular weight is 387 g/mol. The highest BCUT2D eigenvalue weighted by atomic mass is 32.2. The van der Waals surface area contributed by atoms with E-state index < -0.39 is 0 Å². The van der Waals surface area contributed by atoms with Gasteiger partial charge in [-0.05, 0) is 42.0 Å². The molecule has 0 amide bonds. The van der Waals surface area contributed by atoms with Gasteiger partial charge < -0.3 is 0 Å². The van der Waals surface area contributed by atoms with E-state index >= 15 is 0 Å². The third-order valence-corrected chi connectivity index (χ3v) is 5.81. The Kier molecular flexibility index (Phi) is 8.11. The van der Waals surface area contributed by atoms with Crippen molar-refractivity contribution < 1.29 is 0 Å². The minimum absolute atomic E-state index is 1.05. The van der Waals surface area contributed by atoms with E-state index in [1.807, 2.05) is 30.0 Å². The van der Waals surface area contributed by atoms with Gasteiger partial charge in [0.1, 0.15) is 0 Å². The number of benzene rings is 4. The fourth-order valence-corrected chi connectivity index (χ4v) is 4.10. The van der Waals surface area contributed by atoms with Gasteiger partial charge in [0, 0.05) is 20.4 Å². The smallest absolute Gasteiger partial charge is 0.0231 e. The average Bonchev–Trinajstić information content (AvgIpc) is 2.76. The van der Waals surface area contributed by atoms with Crippen LogP contribution in [-0.2, 0) is 5.75 Å². The van der Waals surface area contributed by atoms with Crippen molar-refractivity contribution in [3.63, 3.8) is 0 Å². The van der Waals surface area contributed by atoms with E-state index in [2.05, 4.69) is 103 Å². The maximum absolute atomic E-state index is 2.16. The molecule has 0 heterocycles. The SMILES string of the molecule is c1ccc(CSc2ccccc2)cc1.c1ccc(Sc2ccccc2)cc1. The zero-order chi connectivity index (χ0) is 18.6. The summed E-state index contributed by atoms with van der Waals surface area (Å²) in [6.07, 6.45) is 0. The van der Waals surface area contributed by atoms with Crippen LogP contribution in [0.5, 0.6) is 0 Å². The maximum Gasteiger partial charge on any atom is 0.0231 e. The van der Waals surface area contributed by atoms with Gasteiger partial charge >= 0.3 is 0 Å². The fraction of sp³-hybridized carbons (Fsp3) is 0.0400. The van der Waals surface area contributed by atoms with Crippen LogP contribution in [0, 0.1) is 0 Å². The van der Waals surface area contributed by atoms with Crippen molar-refractivity contribution in [3.8, 4) is 0 Å². The molecular formula is C25H22S2. The molecular weight excluding hydrogens is 364 g/mol. The molecule has 4 aromatic rings. The van der Waals surface area contributed by atoms with Crippen LogP contribution in [0.1, 0.15) is 5.56 Å². The van der Waals surface area contributed by atoms with Crippen molar-refractivity contribution in [2.24, 2.45) is 0 Å². The lowest BCUT2D eigenvalue weighted by Crippen LogP contribution is -1.78. The van der Waals surface area contributed by atoms with Crippen LogP contribution >= 0.6 is 23.5 Å². The van der Waals surface area contributed by atoms with Gasteiger partial charge in [-0.25, -0.2) is 0 Å². The van der Waals surface area contributed by atoms with Gasteiger partial charge in [-0.3, -0.25) is 0 Å². The van der Waals surface area contributed by atoms with E-state index in [1.54, 1.807) is 11.8 Å². The largest absolute Gasteiger partial charge is 0.121 e. The number of rotatable bonds is 5. The second kappa shape index (κ2) is 11.3. The molecule has 27 heavy (non-hydrogen) atoms. The molecule has 0 unspecified atom stereocenters. The van der Waals surface area contributed by atoms with Crippen LogP contribution in [0.3, 0.4) is 0 Å². The van der Waals surface area contributed by atoms with Gasteiger partial charge in [-0.15, -0.1) is 11.8 Å². The summed E-state index contributed by atoms with van der Waals surface area (Å²) in [6, 6.07) is 41.8. The first-order valence-corrected chi connectivity index (χ1v) is 10.7. The molecule has 2 heteroatoms. The lowest BCUT2D eigenvalue weighted by molar-refractivity contribution is 1.38. The normalized spacial score (nSPS) is 9.93. The molecule has 0 aliphatic rings. The molecule has 0 aromatic heterocycles. The van der Waals surface area contributed by atoms with E-state index in [0.29, 0.717) is 0 Å². The standard InChI is InChI=1S/C13H12S.C12H10S/c1-3-7-12(8-4-1)11-14-13-9-5-2-6-10-13;1-3-7-11(8-4-1)13-12-9-5-2-6-10-12/h1-10H,11H2;1-10H. The number of hydrogen-bond donors (Lipinski definition) is 0. The Morgan fingerprint density at radius 3 is 1.22 bits per heavy atom. The van der Waals surface area contributed by atoms with Gasteiger partial charge in [-0.2, -0.15) is 0 Å². The third kappa shape index (κ3) is 7.38. The van der Waals surface area contributed by atoms with E-state index in [0.717, 1.165) is 5.75 Å². The first kappa shape index (κ1) is 19.3. The molecule has 134 valence electrons. The maximum atomic E-state index is 2.16.